The maximum Gasteiger partial charge on any atom is 0.184 e. The lowest BCUT2D eigenvalue weighted by molar-refractivity contribution is 0.0854. The van der Waals surface area contributed by atoms with Gasteiger partial charge in [-0.15, -0.1) is 0 Å². The predicted octanol–water partition coefficient (Wildman–Crippen LogP) is 3.29. The van der Waals surface area contributed by atoms with E-state index in [0.717, 1.165) is 16.7 Å². The van der Waals surface area contributed by atoms with Gasteiger partial charge in [-0.2, -0.15) is 0 Å². The van der Waals surface area contributed by atoms with Gasteiger partial charge in [-0.05, 0) is 38.4 Å². The van der Waals surface area contributed by atoms with Gasteiger partial charge >= 0.3 is 0 Å². The molecule has 4 heteroatoms. The Morgan fingerprint density at radius 3 is 2.55 bits per heavy atom. The molecule has 1 heterocycles. The van der Waals surface area contributed by atoms with E-state index in [4.69, 9.17) is 4.74 Å². The van der Waals surface area contributed by atoms with E-state index in [2.05, 4.69) is 4.98 Å². The molecule has 0 spiro atoms. The second-order valence-electron chi connectivity index (χ2n) is 6.36. The average Bonchev–Trinajstić information content (AvgIpc) is 2.76. The highest BCUT2D eigenvalue weighted by Gasteiger charge is 2.24. The third-order valence-corrected chi connectivity index (χ3v) is 3.01. The van der Waals surface area contributed by atoms with Crippen molar-refractivity contribution in [1.82, 2.24) is 9.88 Å². The molecule has 2 aromatic rings. The number of carbonyl (C=O) groups excluding carboxylic acids is 1. The molecule has 0 atom stereocenters. The Labute approximate surface area is 119 Å². The van der Waals surface area contributed by atoms with Crippen LogP contribution in [0.15, 0.2) is 24.3 Å². The van der Waals surface area contributed by atoms with E-state index in [9.17, 15) is 4.79 Å². The first-order valence-electron chi connectivity index (χ1n) is 6.72. The monoisotopic (exact) mass is 274 g/mol. The summed E-state index contributed by atoms with van der Waals surface area (Å²) in [6.45, 7) is 6.30. The lowest BCUT2D eigenvalue weighted by atomic mass is 9.89. The largest absolute Gasteiger partial charge is 0.478 e. The van der Waals surface area contributed by atoms with Crippen molar-refractivity contribution in [3.8, 4) is 5.75 Å². The zero-order valence-corrected chi connectivity index (χ0v) is 12.8. The Kier molecular flexibility index (Phi) is 3.86. The van der Waals surface area contributed by atoms with Crippen molar-refractivity contribution in [1.29, 1.82) is 0 Å². The van der Waals surface area contributed by atoms with Gasteiger partial charge in [-0.1, -0.05) is 20.8 Å². The number of Topliss-reactive ketones (excluding diaryl/α,β-unsaturated/α-hetero) is 1. The van der Waals surface area contributed by atoms with E-state index in [0.29, 0.717) is 12.4 Å². The molecule has 0 aliphatic heterocycles. The zero-order valence-electron chi connectivity index (χ0n) is 12.8. The quantitative estimate of drug-likeness (QED) is 0.687. The number of nitrogens with zero attached hydrogens (tertiary/aromatic N) is 1. The molecule has 0 saturated carbocycles. The number of nitrogens with one attached hydrogen (secondary N) is 1. The van der Waals surface area contributed by atoms with E-state index in [1.54, 1.807) is 0 Å². The first-order chi connectivity index (χ1) is 9.27. The Balaban J connectivity index is 2.28. The molecule has 0 radical (unpaired) electrons. The number of carbonyl (C=O) groups is 1. The molecule has 2 rings (SSSR count). The predicted molar refractivity (Wildman–Crippen MR) is 81.3 cm³/mol. The molecule has 0 unspecified atom stereocenters. The number of hydrogen-bond donors (Lipinski definition) is 1. The van der Waals surface area contributed by atoms with Gasteiger partial charge in [0.2, 0.25) is 0 Å². The van der Waals surface area contributed by atoms with E-state index in [-0.39, 0.29) is 11.2 Å². The number of fused-ring (bicyclic) bond motifs is 1. The number of ether oxygens (including phenoxy) is 1. The van der Waals surface area contributed by atoms with Crippen LogP contribution in [0.1, 0.15) is 31.3 Å². The SMILES string of the molecule is CN(C)COc1ccc2[nH]c(C(=O)C(C)(C)C)cc2c1. The van der Waals surface area contributed by atoms with Gasteiger partial charge in [0, 0.05) is 16.3 Å². The Hall–Kier alpha value is -1.81. The smallest absolute Gasteiger partial charge is 0.184 e. The Morgan fingerprint density at radius 2 is 1.95 bits per heavy atom. The minimum Gasteiger partial charge on any atom is -0.478 e. The highest BCUT2D eigenvalue weighted by molar-refractivity contribution is 6.02. The second kappa shape index (κ2) is 5.29. The number of ketones is 1. The van der Waals surface area contributed by atoms with Gasteiger partial charge in [-0.3, -0.25) is 9.69 Å². The van der Waals surface area contributed by atoms with Crippen LogP contribution >= 0.6 is 0 Å². The summed E-state index contributed by atoms with van der Waals surface area (Å²) in [6.07, 6.45) is 0. The van der Waals surface area contributed by atoms with E-state index in [1.807, 2.05) is 64.0 Å². The van der Waals surface area contributed by atoms with Gasteiger partial charge in [0.05, 0.1) is 5.69 Å². The van der Waals surface area contributed by atoms with Crippen LogP contribution in [-0.4, -0.2) is 36.5 Å². The standard InChI is InChI=1S/C16H22N2O2/c1-16(2,3)15(19)14-9-11-8-12(20-10-18(4)5)6-7-13(11)17-14/h6-9,17H,10H2,1-5H3. The zero-order chi connectivity index (χ0) is 14.9. The first kappa shape index (κ1) is 14.6. The highest BCUT2D eigenvalue weighted by atomic mass is 16.5. The summed E-state index contributed by atoms with van der Waals surface area (Å²) < 4.78 is 5.64. The summed E-state index contributed by atoms with van der Waals surface area (Å²) in [7, 11) is 3.91. The van der Waals surface area contributed by atoms with E-state index >= 15 is 0 Å². The van der Waals surface area contributed by atoms with Crippen molar-refractivity contribution in [3.05, 3.63) is 30.0 Å². The van der Waals surface area contributed by atoms with Crippen LogP contribution in [0.2, 0.25) is 0 Å². The summed E-state index contributed by atoms with van der Waals surface area (Å²) in [4.78, 5) is 17.4. The number of hydrogen-bond acceptors (Lipinski definition) is 3. The maximum absolute atomic E-state index is 12.3. The molecule has 1 N–H and O–H groups in total. The summed E-state index contributed by atoms with van der Waals surface area (Å²) in [6, 6.07) is 7.70. The summed E-state index contributed by atoms with van der Waals surface area (Å²) in [5.41, 5.74) is 1.22. The van der Waals surface area contributed by atoms with Gasteiger partial charge in [0.15, 0.2) is 5.78 Å². The second-order valence-corrected chi connectivity index (χ2v) is 6.36. The fourth-order valence-corrected chi connectivity index (χ4v) is 1.93. The van der Waals surface area contributed by atoms with Crippen LogP contribution in [0, 0.1) is 5.41 Å². The van der Waals surface area contributed by atoms with Crippen LogP contribution in [0.5, 0.6) is 5.75 Å². The molecule has 0 aliphatic carbocycles. The molecule has 0 saturated heterocycles. The fourth-order valence-electron chi connectivity index (χ4n) is 1.93. The van der Waals surface area contributed by atoms with E-state index in [1.165, 1.54) is 0 Å². The molecule has 20 heavy (non-hydrogen) atoms. The highest BCUT2D eigenvalue weighted by Crippen LogP contribution is 2.26. The van der Waals surface area contributed by atoms with Crippen molar-refractivity contribution in [3.63, 3.8) is 0 Å². The third kappa shape index (κ3) is 3.20. The first-order valence-corrected chi connectivity index (χ1v) is 6.72. The topological polar surface area (TPSA) is 45.3 Å². The summed E-state index contributed by atoms with van der Waals surface area (Å²) in [5.74, 6) is 0.921. The van der Waals surface area contributed by atoms with Crippen LogP contribution in [0.4, 0.5) is 0 Å². The van der Waals surface area contributed by atoms with Gasteiger partial charge in [0.1, 0.15) is 12.5 Å². The number of rotatable bonds is 4. The van der Waals surface area contributed by atoms with E-state index < -0.39 is 0 Å². The molecular weight excluding hydrogens is 252 g/mol. The van der Waals surface area contributed by atoms with Crippen LogP contribution in [0.3, 0.4) is 0 Å². The summed E-state index contributed by atoms with van der Waals surface area (Å²) in [5, 5.41) is 0.994. The van der Waals surface area contributed by atoms with Crippen molar-refractivity contribution < 1.29 is 9.53 Å². The van der Waals surface area contributed by atoms with Gasteiger partial charge < -0.3 is 9.72 Å². The van der Waals surface area contributed by atoms with Crippen LogP contribution in [0.25, 0.3) is 10.9 Å². The Bertz CT molecular complexity index is 621. The molecular formula is C16H22N2O2. The lowest BCUT2D eigenvalue weighted by Crippen LogP contribution is -2.20. The fraction of sp³-hybridized carbons (Fsp3) is 0.438. The molecule has 0 bridgehead atoms. The molecule has 1 aromatic heterocycles. The molecule has 0 fully saturated rings. The van der Waals surface area contributed by atoms with Gasteiger partial charge in [-0.25, -0.2) is 0 Å². The molecule has 1 aromatic carbocycles. The van der Waals surface area contributed by atoms with Crippen molar-refractivity contribution in [2.75, 3.05) is 20.8 Å². The van der Waals surface area contributed by atoms with Crippen LogP contribution < -0.4 is 4.74 Å². The number of benzene rings is 1. The molecule has 0 aliphatic rings. The van der Waals surface area contributed by atoms with Crippen molar-refractivity contribution in [2.45, 2.75) is 20.8 Å². The minimum atomic E-state index is -0.384. The number of aromatic amines is 1. The molecule has 0 amide bonds. The number of H-pyrrole nitrogens is 1. The van der Waals surface area contributed by atoms with Crippen LogP contribution in [-0.2, 0) is 0 Å². The average molecular weight is 274 g/mol. The third-order valence-electron chi connectivity index (χ3n) is 3.01. The lowest BCUT2D eigenvalue weighted by Gasteiger charge is -2.14. The molecule has 108 valence electrons. The summed E-state index contributed by atoms with van der Waals surface area (Å²) >= 11 is 0. The number of aromatic nitrogens is 1. The van der Waals surface area contributed by atoms with Crippen molar-refractivity contribution >= 4 is 16.7 Å². The minimum absolute atomic E-state index is 0.115. The molecule has 4 nitrogen and oxygen atoms in total. The normalized spacial score (nSPS) is 12.1. The maximum atomic E-state index is 12.3. The van der Waals surface area contributed by atoms with Gasteiger partial charge in [0.25, 0.3) is 0 Å². The Morgan fingerprint density at radius 1 is 1.25 bits per heavy atom. The van der Waals surface area contributed by atoms with Crippen molar-refractivity contribution in [2.24, 2.45) is 5.41 Å².